The molecule has 0 amide bonds. The molecule has 0 fully saturated rings. The maximum Gasteiger partial charge on any atom is -0.0349 e. The fourth-order valence-electron chi connectivity index (χ4n) is 0.486. The first-order valence-electron chi connectivity index (χ1n) is 4.13. The Balaban J connectivity index is 0. The minimum absolute atomic E-state index is 1.13. The Hall–Kier alpha value is -0.780. The van der Waals surface area contributed by atoms with Crippen molar-refractivity contribution in [2.45, 2.75) is 33.6 Å². The molecule has 0 heterocycles. The van der Waals surface area contributed by atoms with Crippen LogP contribution in [0.2, 0.25) is 0 Å². The molecule has 0 aliphatic rings. The van der Waals surface area contributed by atoms with E-state index in [2.05, 4.69) is 52.2 Å². The first-order valence-corrected chi connectivity index (χ1v) is 4.13. The van der Waals surface area contributed by atoms with Gasteiger partial charge in [0.1, 0.15) is 0 Å². The van der Waals surface area contributed by atoms with Gasteiger partial charge in [0.2, 0.25) is 0 Å². The van der Waals surface area contributed by atoms with Crippen molar-refractivity contribution in [1.29, 1.82) is 0 Å². The van der Waals surface area contributed by atoms with Gasteiger partial charge in [0.05, 0.1) is 0 Å². The maximum atomic E-state index is 3.00. The second kappa shape index (κ2) is 12.0. The highest BCUT2D eigenvalue weighted by molar-refractivity contribution is 5.09. The summed E-state index contributed by atoms with van der Waals surface area (Å²) >= 11 is 0. The standard InChI is InChI=1S/C9H16.C2H4/c1-4-6-7-8-9(3)5-2;1-2/h6-8H,4-5H2,1-3H3;1-2H2/b7-6-,9-8-;. The molecule has 0 atom stereocenters. The van der Waals surface area contributed by atoms with Crippen molar-refractivity contribution >= 4 is 0 Å². The monoisotopic (exact) mass is 152 g/mol. The van der Waals surface area contributed by atoms with E-state index < -0.39 is 0 Å². The van der Waals surface area contributed by atoms with Gasteiger partial charge in [-0.15, -0.1) is 13.2 Å². The van der Waals surface area contributed by atoms with Crippen LogP contribution in [0.15, 0.2) is 37.0 Å². The van der Waals surface area contributed by atoms with Gasteiger partial charge in [-0.05, 0) is 19.8 Å². The van der Waals surface area contributed by atoms with E-state index >= 15 is 0 Å². The lowest BCUT2D eigenvalue weighted by atomic mass is 10.2. The molecule has 0 spiro atoms. The van der Waals surface area contributed by atoms with Crippen molar-refractivity contribution < 1.29 is 0 Å². The Morgan fingerprint density at radius 2 is 1.82 bits per heavy atom. The molecule has 0 unspecified atom stereocenters. The third kappa shape index (κ3) is 12.4. The Bertz CT molecular complexity index is 118. The van der Waals surface area contributed by atoms with Crippen molar-refractivity contribution in [3.63, 3.8) is 0 Å². The quantitative estimate of drug-likeness (QED) is 0.421. The van der Waals surface area contributed by atoms with Gasteiger partial charge in [-0.1, -0.05) is 37.6 Å². The van der Waals surface area contributed by atoms with Crippen molar-refractivity contribution in [3.8, 4) is 0 Å². The molecular formula is C11H20. The third-order valence-corrected chi connectivity index (χ3v) is 1.31. The van der Waals surface area contributed by atoms with Crippen LogP contribution < -0.4 is 0 Å². The molecule has 0 radical (unpaired) electrons. The van der Waals surface area contributed by atoms with E-state index in [-0.39, 0.29) is 0 Å². The van der Waals surface area contributed by atoms with E-state index in [4.69, 9.17) is 0 Å². The maximum absolute atomic E-state index is 3.00. The lowest BCUT2D eigenvalue weighted by Crippen LogP contribution is -1.66. The zero-order valence-corrected chi connectivity index (χ0v) is 8.06. The van der Waals surface area contributed by atoms with Crippen LogP contribution in [0.5, 0.6) is 0 Å². The molecule has 11 heavy (non-hydrogen) atoms. The average Bonchev–Trinajstić information content (AvgIpc) is 2.08. The molecule has 64 valence electrons. The van der Waals surface area contributed by atoms with Crippen LogP contribution in [-0.4, -0.2) is 0 Å². The lowest BCUT2D eigenvalue weighted by molar-refractivity contribution is 1.10. The van der Waals surface area contributed by atoms with Gasteiger partial charge in [-0.3, -0.25) is 0 Å². The minimum Gasteiger partial charge on any atom is -0.106 e. The average molecular weight is 152 g/mol. The van der Waals surface area contributed by atoms with Crippen molar-refractivity contribution in [2.24, 2.45) is 0 Å². The van der Waals surface area contributed by atoms with E-state index in [9.17, 15) is 0 Å². The third-order valence-electron chi connectivity index (χ3n) is 1.31. The van der Waals surface area contributed by atoms with Crippen LogP contribution in [0.4, 0.5) is 0 Å². The molecule has 0 saturated carbocycles. The molecule has 0 bridgehead atoms. The summed E-state index contributed by atoms with van der Waals surface area (Å²) in [6, 6.07) is 0. The van der Waals surface area contributed by atoms with E-state index in [0.29, 0.717) is 0 Å². The normalized spacial score (nSPS) is 11.0. The van der Waals surface area contributed by atoms with Gasteiger partial charge < -0.3 is 0 Å². The highest BCUT2D eigenvalue weighted by atomic mass is 13.8. The van der Waals surface area contributed by atoms with Gasteiger partial charge >= 0.3 is 0 Å². The molecule has 0 nitrogen and oxygen atoms in total. The van der Waals surface area contributed by atoms with Crippen molar-refractivity contribution in [2.75, 3.05) is 0 Å². The number of hydrogen-bond donors (Lipinski definition) is 0. The van der Waals surface area contributed by atoms with Crippen LogP contribution in [0, 0.1) is 0 Å². The van der Waals surface area contributed by atoms with Gasteiger partial charge in [0, 0.05) is 0 Å². The second-order valence-corrected chi connectivity index (χ2v) is 2.20. The summed E-state index contributed by atoms with van der Waals surface area (Å²) in [4.78, 5) is 0. The zero-order chi connectivity index (χ0) is 9.11. The van der Waals surface area contributed by atoms with Gasteiger partial charge in [-0.2, -0.15) is 0 Å². The summed E-state index contributed by atoms with van der Waals surface area (Å²) in [6.07, 6.45) is 8.75. The highest BCUT2D eigenvalue weighted by Gasteiger charge is 1.76. The molecule has 0 aromatic carbocycles. The molecular weight excluding hydrogens is 132 g/mol. The summed E-state index contributed by atoms with van der Waals surface area (Å²) in [5.74, 6) is 0. The Morgan fingerprint density at radius 3 is 2.18 bits per heavy atom. The molecule has 0 saturated heterocycles. The summed E-state index contributed by atoms with van der Waals surface area (Å²) in [5, 5.41) is 0. The van der Waals surface area contributed by atoms with Crippen LogP contribution in [0.1, 0.15) is 33.6 Å². The molecule has 0 heteroatoms. The van der Waals surface area contributed by atoms with Gasteiger partial charge in [0.25, 0.3) is 0 Å². The predicted molar refractivity (Wildman–Crippen MR) is 54.7 cm³/mol. The lowest BCUT2D eigenvalue weighted by Gasteiger charge is -1.87. The summed E-state index contributed by atoms with van der Waals surface area (Å²) in [7, 11) is 0. The summed E-state index contributed by atoms with van der Waals surface area (Å²) in [6.45, 7) is 12.5. The van der Waals surface area contributed by atoms with Crippen LogP contribution in [-0.2, 0) is 0 Å². The van der Waals surface area contributed by atoms with Crippen LogP contribution in [0.3, 0.4) is 0 Å². The SMILES string of the molecule is C=C.CC/C=C\C=C(\C)CC. The van der Waals surface area contributed by atoms with Gasteiger partial charge in [-0.25, -0.2) is 0 Å². The molecule has 0 rings (SSSR count). The zero-order valence-electron chi connectivity index (χ0n) is 8.06. The van der Waals surface area contributed by atoms with E-state index in [0.717, 1.165) is 12.8 Å². The molecule has 0 aliphatic carbocycles. The Morgan fingerprint density at radius 1 is 1.27 bits per heavy atom. The second-order valence-electron chi connectivity index (χ2n) is 2.20. The number of allylic oxidation sites excluding steroid dienone is 4. The Labute approximate surface area is 71.3 Å². The largest absolute Gasteiger partial charge is 0.106 e. The minimum atomic E-state index is 1.13. The van der Waals surface area contributed by atoms with E-state index in [1.807, 2.05) is 0 Å². The fraction of sp³-hybridized carbons (Fsp3) is 0.455. The van der Waals surface area contributed by atoms with E-state index in [1.165, 1.54) is 5.57 Å². The first kappa shape index (κ1) is 12.9. The number of hydrogen-bond acceptors (Lipinski definition) is 0. The molecule has 0 N–H and O–H groups in total. The van der Waals surface area contributed by atoms with Crippen molar-refractivity contribution in [1.82, 2.24) is 0 Å². The van der Waals surface area contributed by atoms with Crippen LogP contribution >= 0.6 is 0 Å². The number of rotatable bonds is 3. The molecule has 0 aromatic heterocycles. The van der Waals surface area contributed by atoms with Gasteiger partial charge in [0.15, 0.2) is 0 Å². The fourth-order valence-corrected chi connectivity index (χ4v) is 0.486. The molecule has 0 aromatic rings. The first-order chi connectivity index (χ1) is 5.31. The summed E-state index contributed by atoms with van der Waals surface area (Å²) in [5.41, 5.74) is 1.44. The van der Waals surface area contributed by atoms with Crippen molar-refractivity contribution in [3.05, 3.63) is 37.0 Å². The van der Waals surface area contributed by atoms with Crippen LogP contribution in [0.25, 0.3) is 0 Å². The topological polar surface area (TPSA) is 0 Å². The smallest absolute Gasteiger partial charge is 0.0349 e. The molecule has 0 aliphatic heterocycles. The Kier molecular flexibility index (Phi) is 14.0. The van der Waals surface area contributed by atoms with E-state index in [1.54, 1.807) is 0 Å². The predicted octanol–water partition coefficient (Wildman–Crippen LogP) is 4.11. The highest BCUT2D eigenvalue weighted by Crippen LogP contribution is 1.97. The summed E-state index contributed by atoms with van der Waals surface area (Å²) < 4.78 is 0.